The van der Waals surface area contributed by atoms with Crippen LogP contribution in [0.25, 0.3) is 0 Å². The molecule has 0 saturated carbocycles. The number of nitrogens with two attached hydrogens (primary N) is 1. The second-order valence-electron chi connectivity index (χ2n) is 2.67. The van der Waals surface area contributed by atoms with Gasteiger partial charge in [-0.25, -0.2) is 5.84 Å². The lowest BCUT2D eigenvalue weighted by Gasteiger charge is -2.17. The summed E-state index contributed by atoms with van der Waals surface area (Å²) in [7, 11) is 0. The van der Waals surface area contributed by atoms with Crippen molar-refractivity contribution < 1.29 is 0 Å². The summed E-state index contributed by atoms with van der Waals surface area (Å²) in [5, 5.41) is 3.25. The molecule has 0 radical (unpaired) electrons. The quantitative estimate of drug-likeness (QED) is 0.265. The lowest BCUT2D eigenvalue weighted by molar-refractivity contribution is 0.634. The average molecular weight is 204 g/mol. The summed E-state index contributed by atoms with van der Waals surface area (Å²) in [5.41, 5.74) is 2.56. The molecule has 0 saturated heterocycles. The summed E-state index contributed by atoms with van der Waals surface area (Å²) in [6.07, 6.45) is 3.17. The summed E-state index contributed by atoms with van der Waals surface area (Å²) in [6.45, 7) is 4.87. The minimum atomic E-state index is 0.441. The van der Waals surface area contributed by atoms with Crippen molar-refractivity contribution in [3.05, 3.63) is 0 Å². The third-order valence-corrected chi connectivity index (χ3v) is 2.39. The van der Waals surface area contributed by atoms with Gasteiger partial charge in [-0.15, -0.1) is 0 Å². The number of thioether (sulfide) groups is 1. The van der Waals surface area contributed by atoms with E-state index in [1.54, 1.807) is 0 Å². The van der Waals surface area contributed by atoms with Crippen molar-refractivity contribution in [3.63, 3.8) is 0 Å². The first kappa shape index (κ1) is 12.6. The van der Waals surface area contributed by atoms with Gasteiger partial charge >= 0.3 is 0 Å². The second kappa shape index (κ2) is 8.19. The molecule has 0 aromatic rings. The molecule has 4 nitrogen and oxygen atoms in total. The highest BCUT2D eigenvalue weighted by Crippen LogP contribution is 2.00. The smallest absolute Gasteiger partial charge is 0.205 e. The molecule has 0 aliphatic heterocycles. The van der Waals surface area contributed by atoms with E-state index in [0.29, 0.717) is 12.0 Å². The minimum absolute atomic E-state index is 0.441. The van der Waals surface area contributed by atoms with Gasteiger partial charge in [0.1, 0.15) is 0 Å². The van der Waals surface area contributed by atoms with Crippen LogP contribution in [0, 0.1) is 0 Å². The second-order valence-corrected chi connectivity index (χ2v) is 3.58. The Morgan fingerprint density at radius 3 is 2.62 bits per heavy atom. The van der Waals surface area contributed by atoms with Gasteiger partial charge in [0.2, 0.25) is 5.96 Å². The van der Waals surface area contributed by atoms with Gasteiger partial charge in [0.05, 0.1) is 0 Å². The fraction of sp³-hybridized carbons (Fsp3) is 0.875. The normalized spacial score (nSPS) is 14.0. The van der Waals surface area contributed by atoms with Crippen LogP contribution < -0.4 is 16.6 Å². The molecule has 0 aromatic carbocycles. The Kier molecular flexibility index (Phi) is 7.93. The molecule has 1 atom stereocenters. The molecule has 0 fully saturated rings. The zero-order valence-electron chi connectivity index (χ0n) is 8.63. The molecule has 0 rings (SSSR count). The summed E-state index contributed by atoms with van der Waals surface area (Å²) in [5.74, 6) is 7.06. The van der Waals surface area contributed by atoms with Gasteiger partial charge in [0.25, 0.3) is 0 Å². The maximum absolute atomic E-state index is 5.31. The maximum atomic E-state index is 5.31. The van der Waals surface area contributed by atoms with Gasteiger partial charge in [0.15, 0.2) is 0 Å². The molecular formula is C8H20N4S. The van der Waals surface area contributed by atoms with Crippen LogP contribution in [-0.4, -0.2) is 30.6 Å². The van der Waals surface area contributed by atoms with E-state index < -0.39 is 0 Å². The molecule has 0 amide bonds. The number of hydrogen-bond donors (Lipinski definition) is 3. The largest absolute Gasteiger partial charge is 0.352 e. The van der Waals surface area contributed by atoms with Crippen molar-refractivity contribution in [3.8, 4) is 0 Å². The van der Waals surface area contributed by atoms with Gasteiger partial charge in [-0.2, -0.15) is 11.8 Å². The number of aliphatic imine (C=N–C) groups is 1. The molecule has 13 heavy (non-hydrogen) atoms. The van der Waals surface area contributed by atoms with Crippen LogP contribution >= 0.6 is 11.8 Å². The fourth-order valence-electron chi connectivity index (χ4n) is 0.947. The summed E-state index contributed by atoms with van der Waals surface area (Å²) >= 11 is 1.82. The lowest BCUT2D eigenvalue weighted by Crippen LogP contribution is -2.47. The van der Waals surface area contributed by atoms with Gasteiger partial charge in [0, 0.05) is 18.3 Å². The van der Waals surface area contributed by atoms with Crippen LogP contribution in [-0.2, 0) is 0 Å². The Morgan fingerprint density at radius 1 is 1.54 bits per heavy atom. The molecule has 0 aliphatic carbocycles. The number of nitrogens with one attached hydrogen (secondary N) is 2. The Morgan fingerprint density at radius 2 is 2.23 bits per heavy atom. The molecule has 0 aromatic heterocycles. The lowest BCUT2D eigenvalue weighted by atomic mass is 10.3. The predicted octanol–water partition coefficient (Wildman–Crippen LogP) is 0.557. The highest BCUT2D eigenvalue weighted by atomic mass is 32.2. The first-order chi connectivity index (χ1) is 6.28. The van der Waals surface area contributed by atoms with Crippen molar-refractivity contribution >= 4 is 17.7 Å². The van der Waals surface area contributed by atoms with E-state index in [1.165, 1.54) is 0 Å². The van der Waals surface area contributed by atoms with E-state index in [2.05, 4.69) is 28.9 Å². The monoisotopic (exact) mass is 204 g/mol. The van der Waals surface area contributed by atoms with E-state index >= 15 is 0 Å². The zero-order chi connectivity index (χ0) is 10.1. The van der Waals surface area contributed by atoms with E-state index in [0.717, 1.165) is 18.7 Å². The molecular weight excluding hydrogens is 184 g/mol. The van der Waals surface area contributed by atoms with Crippen LogP contribution in [0.5, 0.6) is 0 Å². The Balaban J connectivity index is 3.95. The van der Waals surface area contributed by atoms with Crippen molar-refractivity contribution in [2.24, 2.45) is 10.8 Å². The van der Waals surface area contributed by atoms with Crippen molar-refractivity contribution in [1.29, 1.82) is 0 Å². The first-order valence-corrected chi connectivity index (χ1v) is 5.94. The summed E-state index contributed by atoms with van der Waals surface area (Å²) < 4.78 is 0. The van der Waals surface area contributed by atoms with E-state index in [4.69, 9.17) is 5.84 Å². The Hall–Kier alpha value is -0.420. The molecule has 1 unspecified atom stereocenters. The molecule has 78 valence electrons. The van der Waals surface area contributed by atoms with Crippen molar-refractivity contribution in [2.75, 3.05) is 18.6 Å². The topological polar surface area (TPSA) is 62.4 Å². The maximum Gasteiger partial charge on any atom is 0.205 e. The van der Waals surface area contributed by atoms with Crippen LogP contribution in [0.3, 0.4) is 0 Å². The van der Waals surface area contributed by atoms with Gasteiger partial charge < -0.3 is 5.32 Å². The third-order valence-electron chi connectivity index (χ3n) is 1.65. The van der Waals surface area contributed by atoms with E-state index in [9.17, 15) is 0 Å². The zero-order valence-corrected chi connectivity index (χ0v) is 9.45. The van der Waals surface area contributed by atoms with Crippen LogP contribution in [0.15, 0.2) is 4.99 Å². The highest BCUT2D eigenvalue weighted by molar-refractivity contribution is 7.98. The van der Waals surface area contributed by atoms with Gasteiger partial charge in [-0.3, -0.25) is 10.4 Å². The third kappa shape index (κ3) is 5.76. The molecule has 0 bridgehead atoms. The number of rotatable bonds is 5. The van der Waals surface area contributed by atoms with Gasteiger partial charge in [-0.1, -0.05) is 6.92 Å². The number of hydrazine groups is 1. The Bertz CT molecular complexity index is 149. The van der Waals surface area contributed by atoms with E-state index in [1.807, 2.05) is 18.7 Å². The molecule has 4 N–H and O–H groups in total. The van der Waals surface area contributed by atoms with Crippen molar-refractivity contribution in [2.45, 2.75) is 26.3 Å². The number of nitrogens with zero attached hydrogens (tertiary/aromatic N) is 1. The first-order valence-electron chi connectivity index (χ1n) is 4.54. The van der Waals surface area contributed by atoms with Crippen LogP contribution in [0.2, 0.25) is 0 Å². The molecule has 0 heterocycles. The molecule has 5 heteroatoms. The molecule has 0 aliphatic rings. The summed E-state index contributed by atoms with van der Waals surface area (Å²) in [4.78, 5) is 4.17. The highest BCUT2D eigenvalue weighted by Gasteiger charge is 2.06. The fourth-order valence-corrected chi connectivity index (χ4v) is 1.67. The number of guanidine groups is 1. The van der Waals surface area contributed by atoms with Gasteiger partial charge in [-0.05, 0) is 19.6 Å². The van der Waals surface area contributed by atoms with E-state index in [-0.39, 0.29) is 0 Å². The average Bonchev–Trinajstić information content (AvgIpc) is 2.16. The van der Waals surface area contributed by atoms with Crippen LogP contribution in [0.1, 0.15) is 20.3 Å². The van der Waals surface area contributed by atoms with Crippen LogP contribution in [0.4, 0.5) is 0 Å². The molecule has 0 spiro atoms. The SMILES string of the molecule is CCN=C(NN)NC(CC)CSC. The standard InChI is InChI=1S/C8H20N4S/c1-4-7(6-13-3)11-8(12-9)10-5-2/h7H,4-6,9H2,1-3H3,(H2,10,11,12). The minimum Gasteiger partial charge on any atom is -0.352 e. The Labute approximate surface area is 84.7 Å². The number of hydrogen-bond acceptors (Lipinski definition) is 3. The predicted molar refractivity (Wildman–Crippen MR) is 60.9 cm³/mol. The summed E-state index contributed by atoms with van der Waals surface area (Å²) in [6, 6.07) is 0.441. The van der Waals surface area contributed by atoms with Crippen molar-refractivity contribution in [1.82, 2.24) is 10.7 Å².